The van der Waals surface area contributed by atoms with Crippen molar-refractivity contribution in [2.45, 2.75) is 104 Å². The molecule has 0 aromatic heterocycles. The molecule has 2 saturated heterocycles. The summed E-state index contributed by atoms with van der Waals surface area (Å²) in [5.74, 6) is -1.63. The molecule has 0 spiro atoms. The van der Waals surface area contributed by atoms with Crippen LogP contribution in [-0.4, -0.2) is 49.0 Å². The minimum atomic E-state index is -4.87. The highest BCUT2D eigenvalue weighted by Crippen LogP contribution is 2.41. The molecule has 2 aliphatic heterocycles. The monoisotopic (exact) mass is 554 g/mol. The lowest BCUT2D eigenvalue weighted by Crippen LogP contribution is -2.58. The van der Waals surface area contributed by atoms with E-state index in [-0.39, 0.29) is 47.5 Å². The van der Waals surface area contributed by atoms with E-state index in [0.29, 0.717) is 6.42 Å². The second-order valence-corrected chi connectivity index (χ2v) is 10.9. The molecule has 2 fully saturated rings. The maximum atomic E-state index is 14.2. The van der Waals surface area contributed by atoms with Crippen molar-refractivity contribution in [1.29, 1.82) is 0 Å². The fourth-order valence-electron chi connectivity index (χ4n) is 5.49. The Kier molecular flexibility index (Phi) is 10.7. The molecule has 218 valence electrons. The van der Waals surface area contributed by atoms with E-state index in [1.165, 1.54) is 12.1 Å². The standard InChI is InChI=1S/C28H41F3N4O4/c1-8-15(3)23-18(6)19(7)24(38-25-22(34-35-32)17(5)16(4)21(9-2)36-25)26(37-23)39-27(28(29,30)31)33-20-13-11-10-12-14-20/h10-19,21-26H,8-9H2,1-7H3/t15-,16-,17?,18-,19-,21?,22?,23?,24?,25+,26?/m0/s1. The summed E-state index contributed by atoms with van der Waals surface area (Å²) in [6.07, 6.45) is -7.22. The third-order valence-electron chi connectivity index (χ3n) is 8.51. The molecule has 11 atom stereocenters. The highest BCUT2D eigenvalue weighted by Gasteiger charge is 2.51. The van der Waals surface area contributed by atoms with Crippen LogP contribution in [0.25, 0.3) is 10.4 Å². The number of azide groups is 1. The van der Waals surface area contributed by atoms with Crippen molar-refractivity contribution in [3.05, 3.63) is 40.8 Å². The highest BCUT2D eigenvalue weighted by atomic mass is 19.4. The third kappa shape index (κ3) is 7.25. The largest absolute Gasteiger partial charge is 0.468 e. The Morgan fingerprint density at radius 3 is 2.23 bits per heavy atom. The summed E-state index contributed by atoms with van der Waals surface area (Å²) in [4.78, 5) is 6.77. The number of ether oxygens (including phenoxy) is 4. The van der Waals surface area contributed by atoms with Gasteiger partial charge in [-0.15, -0.1) is 0 Å². The molecule has 39 heavy (non-hydrogen) atoms. The number of hydrogen-bond acceptors (Lipinski definition) is 6. The summed E-state index contributed by atoms with van der Waals surface area (Å²) >= 11 is 0. The van der Waals surface area contributed by atoms with E-state index in [2.05, 4.69) is 15.0 Å². The molecule has 0 radical (unpaired) electrons. The first-order valence-electron chi connectivity index (χ1n) is 13.8. The molecular weight excluding hydrogens is 513 g/mol. The van der Waals surface area contributed by atoms with E-state index >= 15 is 0 Å². The average molecular weight is 555 g/mol. The van der Waals surface area contributed by atoms with Gasteiger partial charge in [-0.25, -0.2) is 4.99 Å². The smallest absolute Gasteiger partial charge is 0.441 e. The number of rotatable bonds is 8. The van der Waals surface area contributed by atoms with Crippen LogP contribution in [0.3, 0.4) is 0 Å². The Labute approximate surface area is 228 Å². The van der Waals surface area contributed by atoms with E-state index in [1.807, 2.05) is 48.5 Å². The number of nitrogens with zero attached hydrogens (tertiary/aromatic N) is 4. The topological polar surface area (TPSA) is 98.0 Å². The number of benzene rings is 1. The van der Waals surface area contributed by atoms with Gasteiger partial charge in [-0.05, 0) is 53.7 Å². The van der Waals surface area contributed by atoms with Crippen LogP contribution in [0.2, 0.25) is 0 Å². The first-order valence-corrected chi connectivity index (χ1v) is 13.8. The molecule has 8 nitrogen and oxygen atoms in total. The normalized spacial score (nSPS) is 36.6. The zero-order valence-electron chi connectivity index (χ0n) is 23.7. The van der Waals surface area contributed by atoms with Crippen LogP contribution in [0.5, 0.6) is 0 Å². The molecule has 3 rings (SSSR count). The highest BCUT2D eigenvalue weighted by molar-refractivity contribution is 5.84. The summed E-state index contributed by atoms with van der Waals surface area (Å²) in [6.45, 7) is 13.9. The first-order chi connectivity index (χ1) is 18.4. The number of hydrogen-bond donors (Lipinski definition) is 0. The van der Waals surface area contributed by atoms with Crippen LogP contribution in [0.4, 0.5) is 18.9 Å². The molecule has 0 bridgehead atoms. The molecule has 1 aromatic rings. The Bertz CT molecular complexity index is 1000. The summed E-state index contributed by atoms with van der Waals surface area (Å²) in [7, 11) is 0. The van der Waals surface area contributed by atoms with E-state index in [1.54, 1.807) is 18.2 Å². The average Bonchev–Trinajstić information content (AvgIpc) is 2.91. The van der Waals surface area contributed by atoms with Gasteiger partial charge in [0.25, 0.3) is 5.90 Å². The minimum Gasteiger partial charge on any atom is -0.441 e. The van der Waals surface area contributed by atoms with Crippen molar-refractivity contribution in [3.8, 4) is 0 Å². The van der Waals surface area contributed by atoms with Crippen molar-refractivity contribution < 1.29 is 32.1 Å². The molecular formula is C28H41F3N4O4. The molecule has 0 N–H and O–H groups in total. The molecule has 2 aliphatic rings. The van der Waals surface area contributed by atoms with Gasteiger partial charge in [-0.3, -0.25) is 0 Å². The molecule has 1 aromatic carbocycles. The number of aliphatic imine (C=N–C) groups is 1. The summed E-state index contributed by atoms with van der Waals surface area (Å²) in [6, 6.07) is 7.15. The van der Waals surface area contributed by atoms with Gasteiger partial charge in [0.05, 0.1) is 23.9 Å². The predicted octanol–water partition coefficient (Wildman–Crippen LogP) is 7.81. The molecule has 6 unspecified atom stereocenters. The van der Waals surface area contributed by atoms with Crippen molar-refractivity contribution in [2.24, 2.45) is 39.7 Å². The lowest BCUT2D eigenvalue weighted by molar-refractivity contribution is -0.323. The van der Waals surface area contributed by atoms with Gasteiger partial charge >= 0.3 is 6.18 Å². The Balaban J connectivity index is 2.00. The van der Waals surface area contributed by atoms with Crippen LogP contribution in [0, 0.1) is 29.6 Å². The van der Waals surface area contributed by atoms with E-state index in [0.717, 1.165) is 6.42 Å². The van der Waals surface area contributed by atoms with Gasteiger partial charge < -0.3 is 18.9 Å². The molecule has 2 heterocycles. The third-order valence-corrected chi connectivity index (χ3v) is 8.51. The fourth-order valence-corrected chi connectivity index (χ4v) is 5.49. The number of para-hydroxylation sites is 1. The summed E-state index contributed by atoms with van der Waals surface area (Å²) < 4.78 is 67.0. The van der Waals surface area contributed by atoms with Crippen molar-refractivity contribution >= 4 is 11.6 Å². The van der Waals surface area contributed by atoms with Gasteiger partial charge in [0.2, 0.25) is 6.29 Å². The Morgan fingerprint density at radius 2 is 1.67 bits per heavy atom. The van der Waals surface area contributed by atoms with Crippen molar-refractivity contribution in [1.82, 2.24) is 0 Å². The lowest BCUT2D eigenvalue weighted by Gasteiger charge is -2.49. The van der Waals surface area contributed by atoms with E-state index < -0.39 is 36.8 Å². The van der Waals surface area contributed by atoms with Crippen LogP contribution in [0.1, 0.15) is 61.3 Å². The summed E-state index contributed by atoms with van der Waals surface area (Å²) in [5.41, 5.74) is 9.35. The molecule has 0 saturated carbocycles. The van der Waals surface area contributed by atoms with Gasteiger partial charge in [-0.1, -0.05) is 78.2 Å². The molecule has 0 amide bonds. The Hall–Kier alpha value is -2.33. The van der Waals surface area contributed by atoms with Gasteiger partial charge in [0.15, 0.2) is 6.29 Å². The quantitative estimate of drug-likeness (QED) is 0.108. The zero-order chi connectivity index (χ0) is 28.9. The predicted molar refractivity (Wildman–Crippen MR) is 142 cm³/mol. The van der Waals surface area contributed by atoms with Crippen LogP contribution in [0.15, 0.2) is 40.4 Å². The summed E-state index contributed by atoms with van der Waals surface area (Å²) in [5, 5.41) is 3.96. The number of halogens is 3. The van der Waals surface area contributed by atoms with E-state index in [9.17, 15) is 18.7 Å². The second kappa shape index (κ2) is 13.4. The van der Waals surface area contributed by atoms with E-state index in [4.69, 9.17) is 18.9 Å². The molecule has 0 aliphatic carbocycles. The Morgan fingerprint density at radius 1 is 1.00 bits per heavy atom. The maximum Gasteiger partial charge on any atom is 0.468 e. The van der Waals surface area contributed by atoms with Crippen molar-refractivity contribution in [3.63, 3.8) is 0 Å². The second-order valence-electron chi connectivity index (χ2n) is 10.9. The SMILES string of the molecule is CCC1O[C@H](OC2C(OC(=Nc3ccccc3)C(F)(F)F)OC([C@@H](C)CC)[C@@H](C)[C@@H]2C)C(N=[N+]=[N-])C(C)[C@@H]1C. The van der Waals surface area contributed by atoms with Crippen LogP contribution < -0.4 is 0 Å². The van der Waals surface area contributed by atoms with Crippen molar-refractivity contribution in [2.75, 3.05) is 0 Å². The first kappa shape index (κ1) is 31.2. The molecule has 11 heteroatoms. The van der Waals surface area contributed by atoms with Gasteiger partial charge in [0, 0.05) is 4.91 Å². The zero-order valence-corrected chi connectivity index (χ0v) is 23.7. The minimum absolute atomic E-state index is 0.0509. The van der Waals surface area contributed by atoms with Crippen LogP contribution >= 0.6 is 0 Å². The fraction of sp³-hybridized carbons (Fsp3) is 0.750. The number of alkyl halides is 3. The maximum absolute atomic E-state index is 14.2. The van der Waals surface area contributed by atoms with Gasteiger partial charge in [0.1, 0.15) is 6.10 Å². The van der Waals surface area contributed by atoms with Gasteiger partial charge in [-0.2, -0.15) is 13.2 Å². The van der Waals surface area contributed by atoms with Crippen LogP contribution in [-0.2, 0) is 18.9 Å². The lowest BCUT2D eigenvalue weighted by atomic mass is 9.78.